The number of aliphatic hydroxyl groups is 1. The van der Waals surface area contributed by atoms with Crippen LogP contribution in [0.1, 0.15) is 51.5 Å². The molecule has 20 heavy (non-hydrogen) atoms. The molecule has 1 aromatic carbocycles. The van der Waals surface area contributed by atoms with Gasteiger partial charge in [0.15, 0.2) is 0 Å². The van der Waals surface area contributed by atoms with E-state index >= 15 is 0 Å². The smallest absolute Gasteiger partial charge is 0.125 e. The molecule has 2 unspecified atom stereocenters. The predicted molar refractivity (Wildman–Crippen MR) is 83.3 cm³/mol. The number of hydrogen-bond donors (Lipinski definition) is 1. The molecule has 0 spiro atoms. The Morgan fingerprint density at radius 3 is 2.85 bits per heavy atom. The third kappa shape index (κ3) is 3.48. The highest BCUT2D eigenvalue weighted by Gasteiger charge is 2.38. The first-order valence-electron chi connectivity index (χ1n) is 7.51. The summed E-state index contributed by atoms with van der Waals surface area (Å²) in [5.74, 6) is 1.99. The van der Waals surface area contributed by atoms with E-state index in [1.165, 1.54) is 12.8 Å². The molecule has 2 rings (SSSR count). The Kier molecular flexibility index (Phi) is 4.98. The second-order valence-corrected chi connectivity index (χ2v) is 6.90. The fourth-order valence-electron chi connectivity index (χ4n) is 3.52. The molecule has 0 radical (unpaired) electrons. The van der Waals surface area contributed by atoms with E-state index in [1.54, 1.807) is 7.11 Å². The van der Waals surface area contributed by atoms with Crippen LogP contribution in [0.5, 0.6) is 5.75 Å². The molecule has 1 aliphatic rings. The lowest BCUT2D eigenvalue weighted by Crippen LogP contribution is -2.33. The van der Waals surface area contributed by atoms with Gasteiger partial charge in [-0.15, -0.1) is 0 Å². The maximum atomic E-state index is 11.1. The van der Waals surface area contributed by atoms with Crippen molar-refractivity contribution in [2.75, 3.05) is 7.11 Å². The number of rotatable bonds is 4. The molecule has 2 nitrogen and oxygen atoms in total. The van der Waals surface area contributed by atoms with Crippen LogP contribution in [-0.2, 0) is 5.60 Å². The van der Waals surface area contributed by atoms with Crippen LogP contribution in [0.15, 0.2) is 18.2 Å². The van der Waals surface area contributed by atoms with Crippen LogP contribution in [0.3, 0.4) is 0 Å². The van der Waals surface area contributed by atoms with Crippen LogP contribution in [0, 0.1) is 11.8 Å². The lowest BCUT2D eigenvalue weighted by Gasteiger charge is -2.38. The second-order valence-electron chi connectivity index (χ2n) is 6.47. The lowest BCUT2D eigenvalue weighted by atomic mass is 9.72. The van der Waals surface area contributed by atoms with E-state index in [0.717, 1.165) is 30.6 Å². The highest BCUT2D eigenvalue weighted by atomic mass is 35.5. The summed E-state index contributed by atoms with van der Waals surface area (Å²) < 4.78 is 5.42. The molecule has 1 aliphatic carbocycles. The third-order valence-corrected chi connectivity index (χ3v) is 4.53. The molecule has 2 atom stereocenters. The summed E-state index contributed by atoms with van der Waals surface area (Å²) in [5, 5.41) is 11.8. The summed E-state index contributed by atoms with van der Waals surface area (Å²) in [4.78, 5) is 0. The number of ether oxygens (including phenoxy) is 1. The topological polar surface area (TPSA) is 29.5 Å². The monoisotopic (exact) mass is 296 g/mol. The molecule has 3 heteroatoms. The van der Waals surface area contributed by atoms with Gasteiger partial charge in [-0.25, -0.2) is 0 Å². The van der Waals surface area contributed by atoms with Crippen molar-refractivity contribution < 1.29 is 9.84 Å². The van der Waals surface area contributed by atoms with Crippen LogP contribution in [-0.4, -0.2) is 12.2 Å². The predicted octanol–water partition coefficient (Wildman–Crippen LogP) is 4.77. The maximum Gasteiger partial charge on any atom is 0.125 e. The molecule has 1 aromatic rings. The second kappa shape index (κ2) is 6.36. The first kappa shape index (κ1) is 15.7. The Labute approximate surface area is 127 Å². The van der Waals surface area contributed by atoms with Gasteiger partial charge in [-0.2, -0.15) is 0 Å². The van der Waals surface area contributed by atoms with Crippen molar-refractivity contribution in [2.24, 2.45) is 11.8 Å². The maximum absolute atomic E-state index is 11.1. The normalized spacial score (nSPS) is 26.8. The van der Waals surface area contributed by atoms with Crippen LogP contribution < -0.4 is 4.74 Å². The number of hydrogen-bond acceptors (Lipinski definition) is 2. The van der Waals surface area contributed by atoms with Crippen LogP contribution in [0.2, 0.25) is 5.02 Å². The van der Waals surface area contributed by atoms with E-state index in [0.29, 0.717) is 16.9 Å². The minimum absolute atomic E-state index is 0.581. The minimum atomic E-state index is -0.798. The van der Waals surface area contributed by atoms with Crippen molar-refractivity contribution >= 4 is 11.6 Å². The SMILES string of the molecule is COc1ccc(Cl)cc1C1(O)CCCC(CC(C)C)C1. The van der Waals surface area contributed by atoms with Gasteiger partial charge >= 0.3 is 0 Å². The van der Waals surface area contributed by atoms with Crippen LogP contribution in [0.25, 0.3) is 0 Å². The third-order valence-electron chi connectivity index (χ3n) is 4.30. The van der Waals surface area contributed by atoms with Gasteiger partial charge in [0.25, 0.3) is 0 Å². The van der Waals surface area contributed by atoms with Crippen LogP contribution in [0.4, 0.5) is 0 Å². The van der Waals surface area contributed by atoms with E-state index in [9.17, 15) is 5.11 Å². The standard InChI is InChI=1S/C17H25ClO2/c1-12(2)9-13-5-4-8-17(19,11-13)15-10-14(18)6-7-16(15)20-3/h6-7,10,12-13,19H,4-5,8-9,11H2,1-3H3. The first-order valence-corrected chi connectivity index (χ1v) is 7.89. The molecular weight excluding hydrogens is 272 g/mol. The van der Waals surface area contributed by atoms with Crippen molar-refractivity contribution in [1.29, 1.82) is 0 Å². The Morgan fingerprint density at radius 2 is 2.20 bits per heavy atom. The number of benzene rings is 1. The van der Waals surface area contributed by atoms with E-state index < -0.39 is 5.60 Å². The zero-order chi connectivity index (χ0) is 14.8. The highest BCUT2D eigenvalue weighted by molar-refractivity contribution is 6.30. The Bertz CT molecular complexity index is 458. The van der Waals surface area contributed by atoms with Crippen molar-refractivity contribution in [1.82, 2.24) is 0 Å². The number of halogens is 1. The van der Waals surface area contributed by atoms with E-state index in [1.807, 2.05) is 18.2 Å². The molecule has 0 aromatic heterocycles. The fourth-order valence-corrected chi connectivity index (χ4v) is 3.69. The summed E-state index contributed by atoms with van der Waals surface area (Å²) in [6, 6.07) is 5.52. The van der Waals surface area contributed by atoms with Gasteiger partial charge in [-0.05, 0) is 55.7 Å². The van der Waals surface area contributed by atoms with Crippen molar-refractivity contribution in [3.8, 4) is 5.75 Å². The van der Waals surface area contributed by atoms with Gasteiger partial charge in [0, 0.05) is 10.6 Å². The van der Waals surface area contributed by atoms with E-state index in [4.69, 9.17) is 16.3 Å². The zero-order valence-corrected chi connectivity index (χ0v) is 13.4. The van der Waals surface area contributed by atoms with Gasteiger partial charge in [0.1, 0.15) is 5.75 Å². The zero-order valence-electron chi connectivity index (χ0n) is 12.7. The Morgan fingerprint density at radius 1 is 1.45 bits per heavy atom. The van der Waals surface area contributed by atoms with Gasteiger partial charge in [-0.1, -0.05) is 31.9 Å². The average molecular weight is 297 g/mol. The highest BCUT2D eigenvalue weighted by Crippen LogP contribution is 2.45. The van der Waals surface area contributed by atoms with Gasteiger partial charge in [0.2, 0.25) is 0 Å². The summed E-state index contributed by atoms with van der Waals surface area (Å²) in [5.41, 5.74) is 0.0505. The quantitative estimate of drug-likeness (QED) is 0.867. The van der Waals surface area contributed by atoms with Crippen molar-refractivity contribution in [3.05, 3.63) is 28.8 Å². The molecule has 1 N–H and O–H groups in total. The van der Waals surface area contributed by atoms with E-state index in [2.05, 4.69) is 13.8 Å². The molecule has 0 amide bonds. The largest absolute Gasteiger partial charge is 0.496 e. The van der Waals surface area contributed by atoms with Gasteiger partial charge in [0.05, 0.1) is 12.7 Å². The Balaban J connectivity index is 2.27. The lowest BCUT2D eigenvalue weighted by molar-refractivity contribution is -0.0260. The Hall–Kier alpha value is -0.730. The summed E-state index contributed by atoms with van der Waals surface area (Å²) in [7, 11) is 1.64. The summed E-state index contributed by atoms with van der Waals surface area (Å²) in [6.45, 7) is 4.49. The summed E-state index contributed by atoms with van der Waals surface area (Å²) >= 11 is 6.11. The van der Waals surface area contributed by atoms with Gasteiger partial charge in [-0.3, -0.25) is 0 Å². The fraction of sp³-hybridized carbons (Fsp3) is 0.647. The first-order chi connectivity index (χ1) is 9.44. The molecule has 1 saturated carbocycles. The molecule has 0 saturated heterocycles. The molecular formula is C17H25ClO2. The minimum Gasteiger partial charge on any atom is -0.496 e. The molecule has 1 fully saturated rings. The molecule has 0 heterocycles. The van der Waals surface area contributed by atoms with E-state index in [-0.39, 0.29) is 0 Å². The average Bonchev–Trinajstić information content (AvgIpc) is 2.38. The number of methoxy groups -OCH3 is 1. The molecule has 112 valence electrons. The van der Waals surface area contributed by atoms with Crippen molar-refractivity contribution in [2.45, 2.75) is 51.6 Å². The van der Waals surface area contributed by atoms with Crippen LogP contribution >= 0.6 is 11.6 Å². The molecule has 0 bridgehead atoms. The van der Waals surface area contributed by atoms with Crippen molar-refractivity contribution in [3.63, 3.8) is 0 Å². The summed E-state index contributed by atoms with van der Waals surface area (Å²) in [6.07, 6.45) is 5.04. The van der Waals surface area contributed by atoms with Gasteiger partial charge < -0.3 is 9.84 Å². The molecule has 0 aliphatic heterocycles.